The van der Waals surface area contributed by atoms with E-state index in [9.17, 15) is 9.59 Å². The summed E-state index contributed by atoms with van der Waals surface area (Å²) in [4.78, 5) is 27.4. The molecule has 146 valence electrons. The van der Waals surface area contributed by atoms with Crippen LogP contribution in [0, 0.1) is 5.92 Å². The van der Waals surface area contributed by atoms with E-state index in [4.69, 9.17) is 9.47 Å². The Morgan fingerprint density at radius 3 is 2.66 bits per heavy atom. The van der Waals surface area contributed by atoms with Crippen molar-refractivity contribution in [3.05, 3.63) is 70.0 Å². The van der Waals surface area contributed by atoms with Gasteiger partial charge in [0, 0.05) is 17.4 Å². The number of rotatable bonds is 4. The molecule has 0 radical (unpaired) electrons. The first-order chi connectivity index (χ1) is 14.2. The van der Waals surface area contributed by atoms with E-state index >= 15 is 0 Å². The molecule has 7 heteroatoms. The van der Waals surface area contributed by atoms with Crippen LogP contribution in [0.15, 0.2) is 58.4 Å². The van der Waals surface area contributed by atoms with Crippen molar-refractivity contribution in [3.63, 3.8) is 0 Å². The molecule has 7 nitrogen and oxygen atoms in total. The summed E-state index contributed by atoms with van der Waals surface area (Å²) in [5.41, 5.74) is 4.43. The number of carbonyl (C=O) groups is 1. The molecule has 2 aliphatic rings. The van der Waals surface area contributed by atoms with E-state index in [1.807, 2.05) is 36.4 Å². The number of H-pyrrole nitrogens is 1. The fourth-order valence-electron chi connectivity index (χ4n) is 3.66. The van der Waals surface area contributed by atoms with Gasteiger partial charge in [-0.25, -0.2) is 5.43 Å². The Kier molecular flexibility index (Phi) is 4.27. The third-order valence-electron chi connectivity index (χ3n) is 5.27. The molecule has 2 heterocycles. The first kappa shape index (κ1) is 17.5. The summed E-state index contributed by atoms with van der Waals surface area (Å²) >= 11 is 0. The average Bonchev–Trinajstić information content (AvgIpc) is 3.54. The van der Waals surface area contributed by atoms with Gasteiger partial charge in [0.25, 0.3) is 5.56 Å². The number of carbonyl (C=O) groups excluding carboxylic acids is 1. The molecule has 2 N–H and O–H groups in total. The molecule has 1 aromatic heterocycles. The molecule has 0 spiro atoms. The molecule has 1 amide bonds. The fourth-order valence-corrected chi connectivity index (χ4v) is 3.66. The zero-order valence-electron chi connectivity index (χ0n) is 15.6. The highest BCUT2D eigenvalue weighted by Crippen LogP contribution is 2.47. The molecule has 0 saturated heterocycles. The lowest BCUT2D eigenvalue weighted by atomic mass is 10.1. The lowest BCUT2D eigenvalue weighted by Gasteiger charge is -2.18. The number of hydrogen-bond donors (Lipinski definition) is 2. The molecular formula is C22H19N3O4. The van der Waals surface area contributed by atoms with Crippen LogP contribution in [0.1, 0.15) is 23.5 Å². The highest BCUT2D eigenvalue weighted by atomic mass is 16.6. The van der Waals surface area contributed by atoms with Crippen molar-refractivity contribution in [2.45, 2.75) is 12.3 Å². The second-order valence-corrected chi connectivity index (χ2v) is 7.23. The average molecular weight is 389 g/mol. The van der Waals surface area contributed by atoms with E-state index in [-0.39, 0.29) is 23.3 Å². The van der Waals surface area contributed by atoms with E-state index in [2.05, 4.69) is 15.5 Å². The lowest BCUT2D eigenvalue weighted by Crippen LogP contribution is -2.21. The van der Waals surface area contributed by atoms with Crippen LogP contribution in [0.2, 0.25) is 0 Å². The van der Waals surface area contributed by atoms with Crippen LogP contribution in [-0.4, -0.2) is 30.3 Å². The first-order valence-corrected chi connectivity index (χ1v) is 9.53. The van der Waals surface area contributed by atoms with E-state index in [0.29, 0.717) is 35.8 Å². The number of fused-ring (bicyclic) bond motifs is 2. The van der Waals surface area contributed by atoms with Gasteiger partial charge in [-0.2, -0.15) is 5.10 Å². The number of hydrogen-bond acceptors (Lipinski definition) is 5. The third kappa shape index (κ3) is 3.47. The predicted octanol–water partition coefficient (Wildman–Crippen LogP) is 2.55. The van der Waals surface area contributed by atoms with E-state index in [0.717, 1.165) is 17.4 Å². The summed E-state index contributed by atoms with van der Waals surface area (Å²) in [6.45, 7) is 0.979. The normalized spacial score (nSPS) is 20.0. The summed E-state index contributed by atoms with van der Waals surface area (Å²) in [6, 6.07) is 15.3. The standard InChI is InChI=1S/C22H19N3O4/c26-21-15(8-14-9-19-20(11-18(14)24-21)29-7-6-28-19)12-23-25-22(27)17-10-16(17)13-4-2-1-3-5-13/h1-5,8-9,11-12,16-17H,6-7,10H2,(H,24,26)(H,25,27)/b23-12-/t16-,17-/m1/s1. The molecule has 29 heavy (non-hydrogen) atoms. The Balaban J connectivity index is 1.30. The molecule has 2 atom stereocenters. The summed E-state index contributed by atoms with van der Waals surface area (Å²) in [7, 11) is 0. The van der Waals surface area contributed by atoms with Crippen molar-refractivity contribution in [2.75, 3.05) is 13.2 Å². The van der Waals surface area contributed by atoms with Gasteiger partial charge in [-0.05, 0) is 30.0 Å². The van der Waals surface area contributed by atoms with Crippen molar-refractivity contribution >= 4 is 23.0 Å². The summed E-state index contributed by atoms with van der Waals surface area (Å²) in [5.74, 6) is 1.29. The minimum atomic E-state index is -0.291. The molecule has 1 aliphatic carbocycles. The number of amides is 1. The van der Waals surface area contributed by atoms with E-state index in [1.165, 1.54) is 6.21 Å². The highest BCUT2D eigenvalue weighted by molar-refractivity contribution is 5.90. The minimum Gasteiger partial charge on any atom is -0.486 e. The number of aromatic amines is 1. The summed E-state index contributed by atoms with van der Waals surface area (Å²) in [6.07, 6.45) is 2.18. The van der Waals surface area contributed by atoms with E-state index in [1.54, 1.807) is 12.1 Å². The van der Waals surface area contributed by atoms with Gasteiger partial charge in [-0.3, -0.25) is 9.59 Å². The number of nitrogens with one attached hydrogen (secondary N) is 2. The molecule has 0 unspecified atom stereocenters. The second kappa shape index (κ2) is 7.09. The van der Waals surface area contributed by atoms with Gasteiger partial charge in [-0.15, -0.1) is 0 Å². The Labute approximate surface area is 166 Å². The largest absolute Gasteiger partial charge is 0.486 e. The number of ether oxygens (including phenoxy) is 2. The van der Waals surface area contributed by atoms with Gasteiger partial charge in [0.05, 0.1) is 17.3 Å². The molecule has 1 aliphatic heterocycles. The molecule has 2 aromatic carbocycles. The number of pyridine rings is 1. The maximum Gasteiger partial charge on any atom is 0.257 e. The monoisotopic (exact) mass is 389 g/mol. The van der Waals surface area contributed by atoms with E-state index < -0.39 is 0 Å². The van der Waals surface area contributed by atoms with Gasteiger partial charge < -0.3 is 14.5 Å². The third-order valence-corrected chi connectivity index (χ3v) is 5.27. The Hall–Kier alpha value is -3.61. The Bertz CT molecular complexity index is 1170. The topological polar surface area (TPSA) is 92.8 Å². The molecule has 1 fully saturated rings. The SMILES string of the molecule is O=C(N/N=C\c1cc2cc3c(cc2[nH]c1=O)OCCO3)[C@@H]1C[C@@H]1c1ccccc1. The van der Waals surface area contributed by atoms with Gasteiger partial charge in [0.1, 0.15) is 13.2 Å². The predicted molar refractivity (Wildman–Crippen MR) is 109 cm³/mol. The Morgan fingerprint density at radius 1 is 1.10 bits per heavy atom. The zero-order valence-corrected chi connectivity index (χ0v) is 15.6. The zero-order chi connectivity index (χ0) is 19.8. The second-order valence-electron chi connectivity index (χ2n) is 7.23. The summed E-state index contributed by atoms with van der Waals surface area (Å²) in [5, 5.41) is 4.78. The van der Waals surface area contributed by atoms with Crippen molar-refractivity contribution in [2.24, 2.45) is 11.0 Å². The van der Waals surface area contributed by atoms with Gasteiger partial charge >= 0.3 is 0 Å². The summed E-state index contributed by atoms with van der Waals surface area (Å²) < 4.78 is 11.1. The first-order valence-electron chi connectivity index (χ1n) is 9.53. The number of nitrogens with zero attached hydrogens (tertiary/aromatic N) is 1. The molecule has 3 aromatic rings. The van der Waals surface area contributed by atoms with Crippen LogP contribution < -0.4 is 20.5 Å². The molecule has 5 rings (SSSR count). The molecule has 0 bridgehead atoms. The quantitative estimate of drug-likeness (QED) is 0.530. The van der Waals surface area contributed by atoms with Crippen LogP contribution in [0.25, 0.3) is 10.9 Å². The number of aromatic nitrogens is 1. The number of hydrazone groups is 1. The van der Waals surface area contributed by atoms with Crippen molar-refractivity contribution in [1.82, 2.24) is 10.4 Å². The Morgan fingerprint density at radius 2 is 1.86 bits per heavy atom. The fraction of sp³-hybridized carbons (Fsp3) is 0.227. The van der Waals surface area contributed by atoms with Crippen LogP contribution >= 0.6 is 0 Å². The number of benzene rings is 2. The smallest absolute Gasteiger partial charge is 0.257 e. The lowest BCUT2D eigenvalue weighted by molar-refractivity contribution is -0.122. The van der Waals surface area contributed by atoms with Crippen molar-refractivity contribution < 1.29 is 14.3 Å². The van der Waals surface area contributed by atoms with Gasteiger partial charge in [-0.1, -0.05) is 30.3 Å². The maximum atomic E-state index is 12.3. The molecule has 1 saturated carbocycles. The minimum absolute atomic E-state index is 0.0758. The van der Waals surface area contributed by atoms with Crippen LogP contribution in [-0.2, 0) is 4.79 Å². The van der Waals surface area contributed by atoms with Crippen molar-refractivity contribution in [3.8, 4) is 11.5 Å². The van der Waals surface area contributed by atoms with Gasteiger partial charge in [0.15, 0.2) is 11.5 Å². The molecular weight excluding hydrogens is 370 g/mol. The highest BCUT2D eigenvalue weighted by Gasteiger charge is 2.43. The van der Waals surface area contributed by atoms with Crippen LogP contribution in [0.4, 0.5) is 0 Å². The van der Waals surface area contributed by atoms with Crippen molar-refractivity contribution in [1.29, 1.82) is 0 Å². The van der Waals surface area contributed by atoms with Crippen LogP contribution in [0.3, 0.4) is 0 Å². The van der Waals surface area contributed by atoms with Crippen LogP contribution in [0.5, 0.6) is 11.5 Å². The van der Waals surface area contributed by atoms with Gasteiger partial charge in [0.2, 0.25) is 5.91 Å². The maximum absolute atomic E-state index is 12.3.